The van der Waals surface area contributed by atoms with Crippen LogP contribution in [0, 0.1) is 5.92 Å². The molecule has 0 saturated heterocycles. The maximum absolute atomic E-state index is 9.90. The summed E-state index contributed by atoms with van der Waals surface area (Å²) in [5.74, 6) is -0.577. The normalized spacial score (nSPS) is 8.64. The first kappa shape index (κ1) is 9.79. The molecular formula is C8H12O3. The lowest BCUT2D eigenvalue weighted by Crippen LogP contribution is -1.95. The Bertz CT molecular complexity index is 176. The van der Waals surface area contributed by atoms with Crippen molar-refractivity contribution in [3.05, 3.63) is 18.1 Å². The van der Waals surface area contributed by atoms with E-state index in [9.17, 15) is 4.79 Å². The molecule has 0 aromatic heterocycles. The van der Waals surface area contributed by atoms with Gasteiger partial charge in [0.25, 0.3) is 0 Å². The van der Waals surface area contributed by atoms with Gasteiger partial charge in [0.05, 0.1) is 12.7 Å². The second kappa shape index (κ2) is 5.57. The first-order valence-electron chi connectivity index (χ1n) is 3.38. The number of carboxylic acids is 1. The second-order valence-electron chi connectivity index (χ2n) is 2.49. The summed E-state index contributed by atoms with van der Waals surface area (Å²) in [6, 6.07) is 0. The van der Waals surface area contributed by atoms with E-state index in [0.29, 0.717) is 12.5 Å². The fraction of sp³-hybridized carbons (Fsp3) is 0.500. The predicted molar refractivity (Wildman–Crippen MR) is 41.1 cm³/mol. The molecule has 0 radical (unpaired) electrons. The molecule has 3 nitrogen and oxygen atoms in total. The van der Waals surface area contributed by atoms with E-state index in [0.717, 1.165) is 6.08 Å². The van der Waals surface area contributed by atoms with Crippen molar-refractivity contribution >= 4 is 5.97 Å². The van der Waals surface area contributed by atoms with Gasteiger partial charge in [-0.3, -0.25) is 0 Å². The van der Waals surface area contributed by atoms with E-state index in [1.807, 2.05) is 13.8 Å². The topological polar surface area (TPSA) is 46.5 Å². The molecule has 0 spiro atoms. The average molecular weight is 156 g/mol. The molecule has 0 atom stereocenters. The van der Waals surface area contributed by atoms with Crippen molar-refractivity contribution < 1.29 is 14.6 Å². The Balaban J connectivity index is 3.52. The molecule has 0 heterocycles. The molecule has 0 amide bonds. The van der Waals surface area contributed by atoms with Crippen LogP contribution >= 0.6 is 0 Å². The summed E-state index contributed by atoms with van der Waals surface area (Å²) in [4.78, 5) is 9.90. The summed E-state index contributed by atoms with van der Waals surface area (Å²) >= 11 is 0. The van der Waals surface area contributed by atoms with Crippen LogP contribution in [-0.4, -0.2) is 17.7 Å². The van der Waals surface area contributed by atoms with Gasteiger partial charge in [-0.15, -0.1) is 0 Å². The van der Waals surface area contributed by atoms with Gasteiger partial charge in [-0.1, -0.05) is 19.6 Å². The number of rotatable bonds is 4. The van der Waals surface area contributed by atoms with Crippen molar-refractivity contribution in [3.8, 4) is 0 Å². The molecule has 3 heteroatoms. The SMILES string of the molecule is CC(C)COC=C=CC(=O)O. The lowest BCUT2D eigenvalue weighted by Gasteiger charge is -2.00. The van der Waals surface area contributed by atoms with Gasteiger partial charge in [0.15, 0.2) is 0 Å². The van der Waals surface area contributed by atoms with Gasteiger partial charge in [-0.2, -0.15) is 0 Å². The molecule has 0 fully saturated rings. The highest BCUT2D eigenvalue weighted by molar-refractivity contribution is 5.79. The van der Waals surface area contributed by atoms with Crippen molar-refractivity contribution in [2.75, 3.05) is 6.61 Å². The minimum absolute atomic E-state index is 0.442. The first-order chi connectivity index (χ1) is 5.13. The monoisotopic (exact) mass is 156 g/mol. The quantitative estimate of drug-likeness (QED) is 0.380. The van der Waals surface area contributed by atoms with Crippen molar-refractivity contribution in [1.82, 2.24) is 0 Å². The molecule has 0 bridgehead atoms. The van der Waals surface area contributed by atoms with Crippen LogP contribution in [0.4, 0.5) is 0 Å². The summed E-state index contributed by atoms with van der Waals surface area (Å²) < 4.78 is 4.91. The van der Waals surface area contributed by atoms with E-state index in [1.54, 1.807) is 0 Å². The molecule has 0 unspecified atom stereocenters. The van der Waals surface area contributed by atoms with Crippen LogP contribution in [-0.2, 0) is 9.53 Å². The van der Waals surface area contributed by atoms with Gasteiger partial charge in [0.1, 0.15) is 6.26 Å². The number of carbonyl (C=O) groups is 1. The zero-order valence-electron chi connectivity index (χ0n) is 6.70. The molecule has 0 aromatic rings. The van der Waals surface area contributed by atoms with Gasteiger partial charge >= 0.3 is 5.97 Å². The Morgan fingerprint density at radius 3 is 2.82 bits per heavy atom. The van der Waals surface area contributed by atoms with E-state index < -0.39 is 5.97 Å². The van der Waals surface area contributed by atoms with Crippen molar-refractivity contribution in [2.45, 2.75) is 13.8 Å². The van der Waals surface area contributed by atoms with Crippen LogP contribution in [0.3, 0.4) is 0 Å². The van der Waals surface area contributed by atoms with E-state index in [-0.39, 0.29) is 0 Å². The van der Waals surface area contributed by atoms with E-state index >= 15 is 0 Å². The van der Waals surface area contributed by atoms with Gasteiger partial charge in [0.2, 0.25) is 0 Å². The van der Waals surface area contributed by atoms with Crippen molar-refractivity contribution in [2.24, 2.45) is 5.92 Å². The van der Waals surface area contributed by atoms with Crippen molar-refractivity contribution in [3.63, 3.8) is 0 Å². The summed E-state index contributed by atoms with van der Waals surface area (Å²) in [5, 5.41) is 8.13. The maximum Gasteiger partial charge on any atom is 0.336 e. The van der Waals surface area contributed by atoms with Crippen LogP contribution in [0.2, 0.25) is 0 Å². The van der Waals surface area contributed by atoms with Crippen molar-refractivity contribution in [1.29, 1.82) is 0 Å². The standard InChI is InChI=1S/C8H12O3/c1-7(2)6-11-5-3-4-8(9)10/h4-5,7H,6H2,1-2H3,(H,9,10). The molecule has 0 aromatic carbocycles. The predicted octanol–water partition coefficient (Wildman–Crippen LogP) is 1.41. The zero-order valence-corrected chi connectivity index (χ0v) is 6.70. The third-order valence-electron chi connectivity index (χ3n) is 0.788. The number of aliphatic carboxylic acids is 1. The number of hydrogen-bond acceptors (Lipinski definition) is 2. The molecule has 0 aliphatic rings. The third kappa shape index (κ3) is 8.79. The fourth-order valence-corrected chi connectivity index (χ4v) is 0.394. The fourth-order valence-electron chi connectivity index (χ4n) is 0.394. The molecule has 62 valence electrons. The molecule has 1 N–H and O–H groups in total. The summed E-state index contributed by atoms with van der Waals surface area (Å²) in [6.45, 7) is 4.60. The Labute approximate surface area is 66.0 Å². The summed E-state index contributed by atoms with van der Waals surface area (Å²) in [7, 11) is 0. The minimum Gasteiger partial charge on any atom is -0.493 e. The highest BCUT2D eigenvalue weighted by Gasteiger charge is 1.88. The lowest BCUT2D eigenvalue weighted by molar-refractivity contribution is -0.131. The van der Waals surface area contributed by atoms with Crippen LogP contribution in [0.25, 0.3) is 0 Å². The van der Waals surface area contributed by atoms with Crippen LogP contribution < -0.4 is 0 Å². The molecule has 11 heavy (non-hydrogen) atoms. The number of carboxylic acid groups (broad SMARTS) is 1. The highest BCUT2D eigenvalue weighted by atomic mass is 16.5. The lowest BCUT2D eigenvalue weighted by atomic mass is 10.2. The number of hydrogen-bond donors (Lipinski definition) is 1. The van der Waals surface area contributed by atoms with E-state index in [4.69, 9.17) is 9.84 Å². The Kier molecular flexibility index (Phi) is 4.95. The van der Waals surface area contributed by atoms with Gasteiger partial charge in [0, 0.05) is 0 Å². The molecule has 0 aliphatic carbocycles. The van der Waals surface area contributed by atoms with E-state index in [2.05, 4.69) is 5.73 Å². The summed E-state index contributed by atoms with van der Waals surface area (Å²) in [6.07, 6.45) is 2.16. The number of ether oxygens (including phenoxy) is 1. The van der Waals surface area contributed by atoms with Gasteiger partial charge in [-0.25, -0.2) is 4.79 Å². The van der Waals surface area contributed by atoms with Crippen LogP contribution in [0.15, 0.2) is 18.1 Å². The molecular weight excluding hydrogens is 144 g/mol. The maximum atomic E-state index is 9.90. The second-order valence-corrected chi connectivity index (χ2v) is 2.49. The molecule has 0 aliphatic heterocycles. The average Bonchev–Trinajstić information content (AvgIpc) is 1.85. The summed E-state index contributed by atoms with van der Waals surface area (Å²) in [5.41, 5.74) is 2.37. The van der Waals surface area contributed by atoms with Gasteiger partial charge < -0.3 is 9.84 Å². The largest absolute Gasteiger partial charge is 0.493 e. The third-order valence-corrected chi connectivity index (χ3v) is 0.788. The molecule has 0 rings (SSSR count). The Morgan fingerprint density at radius 2 is 2.36 bits per heavy atom. The Morgan fingerprint density at radius 1 is 1.73 bits per heavy atom. The highest BCUT2D eigenvalue weighted by Crippen LogP contribution is 1.91. The van der Waals surface area contributed by atoms with Crippen LogP contribution in [0.5, 0.6) is 0 Å². The van der Waals surface area contributed by atoms with E-state index in [1.165, 1.54) is 6.26 Å². The molecule has 0 saturated carbocycles. The Hall–Kier alpha value is -1.21. The van der Waals surface area contributed by atoms with Gasteiger partial charge in [-0.05, 0) is 5.92 Å². The van der Waals surface area contributed by atoms with Crippen LogP contribution in [0.1, 0.15) is 13.8 Å². The first-order valence-corrected chi connectivity index (χ1v) is 3.38. The smallest absolute Gasteiger partial charge is 0.336 e. The zero-order chi connectivity index (χ0) is 8.69. The minimum atomic E-state index is -1.02.